The third-order valence-electron chi connectivity index (χ3n) is 5.22. The van der Waals surface area contributed by atoms with E-state index in [4.69, 9.17) is 0 Å². The van der Waals surface area contributed by atoms with Crippen LogP contribution in [0.1, 0.15) is 44.1 Å². The van der Waals surface area contributed by atoms with Gasteiger partial charge in [0.1, 0.15) is 0 Å². The predicted octanol–water partition coefficient (Wildman–Crippen LogP) is 2.09. The van der Waals surface area contributed by atoms with Crippen molar-refractivity contribution in [1.82, 2.24) is 14.9 Å². The van der Waals surface area contributed by atoms with Crippen molar-refractivity contribution in [2.75, 3.05) is 20.1 Å². The lowest BCUT2D eigenvalue weighted by molar-refractivity contribution is 0.248. The van der Waals surface area contributed by atoms with Gasteiger partial charge in [0, 0.05) is 18.6 Å². The van der Waals surface area contributed by atoms with Gasteiger partial charge < -0.3 is 10.2 Å². The van der Waals surface area contributed by atoms with Crippen LogP contribution in [0.3, 0.4) is 0 Å². The molecule has 3 rings (SSSR count). The van der Waals surface area contributed by atoms with Crippen LogP contribution in [-0.4, -0.2) is 45.5 Å². The number of nitrogens with one attached hydrogen (secondary N) is 2. The van der Waals surface area contributed by atoms with Gasteiger partial charge in [-0.15, -0.1) is 0 Å². The van der Waals surface area contributed by atoms with Crippen molar-refractivity contribution in [2.24, 2.45) is 0 Å². The molecule has 1 aromatic rings. The molecule has 1 aromatic carbocycles. The fourth-order valence-corrected chi connectivity index (χ4v) is 4.90. The SMILES string of the molecule is CN1CCC(NS(=O)(=O)c2ccc(CNC3CCCC3)cc2)CC1. The largest absolute Gasteiger partial charge is 0.310 e. The molecule has 0 atom stereocenters. The minimum atomic E-state index is -3.41. The van der Waals surface area contributed by atoms with Gasteiger partial charge in [-0.25, -0.2) is 13.1 Å². The first kappa shape index (κ1) is 17.9. The molecule has 1 heterocycles. The van der Waals surface area contributed by atoms with Crippen LogP contribution in [-0.2, 0) is 16.6 Å². The van der Waals surface area contributed by atoms with Crippen LogP contribution < -0.4 is 10.0 Å². The molecule has 0 radical (unpaired) electrons. The first-order chi connectivity index (χ1) is 11.5. The van der Waals surface area contributed by atoms with E-state index in [0.717, 1.165) is 38.0 Å². The molecular formula is C18H29N3O2S. The summed E-state index contributed by atoms with van der Waals surface area (Å²) in [6.45, 7) is 2.70. The maximum Gasteiger partial charge on any atom is 0.240 e. The molecule has 0 aromatic heterocycles. The molecule has 1 aliphatic carbocycles. The van der Waals surface area contributed by atoms with Crippen molar-refractivity contribution in [3.8, 4) is 0 Å². The van der Waals surface area contributed by atoms with Crippen LogP contribution in [0, 0.1) is 0 Å². The van der Waals surface area contributed by atoms with Crippen LogP contribution in [0.15, 0.2) is 29.2 Å². The van der Waals surface area contributed by atoms with E-state index in [1.807, 2.05) is 12.1 Å². The maximum absolute atomic E-state index is 12.5. The van der Waals surface area contributed by atoms with Gasteiger partial charge in [-0.05, 0) is 63.5 Å². The van der Waals surface area contributed by atoms with Gasteiger partial charge in [0.05, 0.1) is 4.90 Å². The van der Waals surface area contributed by atoms with Crippen molar-refractivity contribution < 1.29 is 8.42 Å². The Morgan fingerprint density at radius 2 is 1.62 bits per heavy atom. The average molecular weight is 352 g/mol. The molecule has 0 unspecified atom stereocenters. The fraction of sp³-hybridized carbons (Fsp3) is 0.667. The highest BCUT2D eigenvalue weighted by molar-refractivity contribution is 7.89. The lowest BCUT2D eigenvalue weighted by Gasteiger charge is -2.29. The van der Waals surface area contributed by atoms with Crippen molar-refractivity contribution in [2.45, 2.75) is 62.0 Å². The van der Waals surface area contributed by atoms with E-state index in [1.165, 1.54) is 25.7 Å². The summed E-state index contributed by atoms with van der Waals surface area (Å²) in [5.74, 6) is 0. The Hall–Kier alpha value is -0.950. The smallest absolute Gasteiger partial charge is 0.240 e. The summed E-state index contributed by atoms with van der Waals surface area (Å²) in [7, 11) is -1.34. The highest BCUT2D eigenvalue weighted by Gasteiger charge is 2.23. The van der Waals surface area contributed by atoms with E-state index in [9.17, 15) is 8.42 Å². The lowest BCUT2D eigenvalue weighted by Crippen LogP contribution is -2.43. The van der Waals surface area contributed by atoms with Crippen LogP contribution in [0.4, 0.5) is 0 Å². The number of benzene rings is 1. The van der Waals surface area contributed by atoms with E-state index >= 15 is 0 Å². The Morgan fingerprint density at radius 3 is 2.25 bits per heavy atom. The molecule has 24 heavy (non-hydrogen) atoms. The Balaban J connectivity index is 1.55. The fourth-order valence-electron chi connectivity index (χ4n) is 3.59. The summed E-state index contributed by atoms with van der Waals surface area (Å²) in [6.07, 6.45) is 6.90. The number of likely N-dealkylation sites (tertiary alicyclic amines) is 1. The van der Waals surface area contributed by atoms with Crippen molar-refractivity contribution in [1.29, 1.82) is 0 Å². The zero-order chi connectivity index (χ0) is 17.0. The molecule has 0 amide bonds. The number of nitrogens with zero attached hydrogens (tertiary/aromatic N) is 1. The molecule has 1 aliphatic heterocycles. The van der Waals surface area contributed by atoms with Crippen molar-refractivity contribution >= 4 is 10.0 Å². The van der Waals surface area contributed by atoms with E-state index in [2.05, 4.69) is 22.0 Å². The molecule has 2 aliphatic rings. The summed E-state index contributed by atoms with van der Waals surface area (Å²) in [5, 5.41) is 3.56. The molecule has 1 saturated heterocycles. The summed E-state index contributed by atoms with van der Waals surface area (Å²) in [4.78, 5) is 2.60. The van der Waals surface area contributed by atoms with Gasteiger partial charge in [-0.2, -0.15) is 0 Å². The lowest BCUT2D eigenvalue weighted by atomic mass is 10.1. The van der Waals surface area contributed by atoms with Crippen LogP contribution in [0.2, 0.25) is 0 Å². The number of sulfonamides is 1. The van der Waals surface area contributed by atoms with E-state index in [0.29, 0.717) is 10.9 Å². The van der Waals surface area contributed by atoms with Gasteiger partial charge in [0.25, 0.3) is 0 Å². The Bertz CT molecular complexity index is 616. The maximum atomic E-state index is 12.5. The zero-order valence-electron chi connectivity index (χ0n) is 14.5. The molecule has 6 heteroatoms. The van der Waals surface area contributed by atoms with Crippen LogP contribution in [0.5, 0.6) is 0 Å². The Labute approximate surface area is 145 Å². The summed E-state index contributed by atoms with van der Waals surface area (Å²) >= 11 is 0. The van der Waals surface area contributed by atoms with E-state index in [1.54, 1.807) is 12.1 Å². The molecule has 134 valence electrons. The molecule has 0 bridgehead atoms. The number of hydrogen-bond acceptors (Lipinski definition) is 4. The van der Waals surface area contributed by atoms with Crippen molar-refractivity contribution in [3.05, 3.63) is 29.8 Å². The minimum absolute atomic E-state index is 0.0508. The molecule has 1 saturated carbocycles. The molecule has 0 spiro atoms. The van der Waals surface area contributed by atoms with Crippen LogP contribution in [0.25, 0.3) is 0 Å². The van der Waals surface area contributed by atoms with Gasteiger partial charge in [0.15, 0.2) is 0 Å². The topological polar surface area (TPSA) is 61.4 Å². The Morgan fingerprint density at radius 1 is 1.00 bits per heavy atom. The summed E-state index contributed by atoms with van der Waals surface area (Å²) in [5.41, 5.74) is 1.14. The average Bonchev–Trinajstić information content (AvgIpc) is 3.09. The third kappa shape index (κ3) is 4.79. The first-order valence-corrected chi connectivity index (χ1v) is 10.5. The highest BCUT2D eigenvalue weighted by Crippen LogP contribution is 2.19. The predicted molar refractivity (Wildman–Crippen MR) is 96.4 cm³/mol. The molecule has 5 nitrogen and oxygen atoms in total. The van der Waals surface area contributed by atoms with Gasteiger partial charge >= 0.3 is 0 Å². The van der Waals surface area contributed by atoms with Crippen LogP contribution >= 0.6 is 0 Å². The second kappa shape index (κ2) is 7.95. The second-order valence-corrected chi connectivity index (χ2v) is 8.92. The van der Waals surface area contributed by atoms with E-state index < -0.39 is 10.0 Å². The number of hydrogen-bond donors (Lipinski definition) is 2. The summed E-state index contributed by atoms with van der Waals surface area (Å²) < 4.78 is 27.9. The highest BCUT2D eigenvalue weighted by atomic mass is 32.2. The quantitative estimate of drug-likeness (QED) is 0.824. The van der Waals surface area contributed by atoms with Gasteiger partial charge in [0.2, 0.25) is 10.0 Å². The molecule has 2 N–H and O–H groups in total. The normalized spacial score (nSPS) is 21.4. The van der Waals surface area contributed by atoms with Gasteiger partial charge in [-0.1, -0.05) is 25.0 Å². The van der Waals surface area contributed by atoms with E-state index in [-0.39, 0.29) is 6.04 Å². The van der Waals surface area contributed by atoms with Crippen molar-refractivity contribution in [3.63, 3.8) is 0 Å². The zero-order valence-corrected chi connectivity index (χ0v) is 15.3. The first-order valence-electron chi connectivity index (χ1n) is 9.06. The van der Waals surface area contributed by atoms with Gasteiger partial charge in [-0.3, -0.25) is 0 Å². The summed E-state index contributed by atoms with van der Waals surface area (Å²) in [6, 6.07) is 7.97. The monoisotopic (exact) mass is 351 g/mol. The number of rotatable bonds is 6. The standard InChI is InChI=1S/C18H29N3O2S/c1-21-12-10-17(11-13-21)20-24(22,23)18-8-6-15(7-9-18)14-19-16-4-2-3-5-16/h6-9,16-17,19-20H,2-5,10-14H2,1H3. The second-order valence-electron chi connectivity index (χ2n) is 7.21. The molecule has 2 fully saturated rings. The Kier molecular flexibility index (Phi) is 5.92. The number of piperidine rings is 1. The molecular weight excluding hydrogens is 322 g/mol. The third-order valence-corrected chi connectivity index (χ3v) is 6.76. The minimum Gasteiger partial charge on any atom is -0.310 e.